The zero-order valence-electron chi connectivity index (χ0n) is 49.2. The molecular weight excluding hydrogens is 1030 g/mol. The Bertz CT molecular complexity index is 1950. The highest BCUT2D eigenvalue weighted by Gasteiger charge is 2.36. The van der Waals surface area contributed by atoms with E-state index in [4.69, 9.17) is 22.6 Å². The van der Waals surface area contributed by atoms with E-state index in [-0.39, 0.29) is 68.5 Å². The van der Waals surface area contributed by atoms with E-state index in [2.05, 4.69) is 33.5 Å². The molecule has 0 unspecified atom stereocenters. The molecule has 0 aromatic carbocycles. The highest BCUT2D eigenvalue weighted by atomic mass is 16.4. The second-order valence-electron chi connectivity index (χ2n) is 22.2. The summed E-state index contributed by atoms with van der Waals surface area (Å²) in [6, 6.07) is -5.20. The van der Waals surface area contributed by atoms with Gasteiger partial charge < -0.3 is 54.0 Å². The molecule has 14 N–H and O–H groups in total. The molecule has 22 nitrogen and oxygen atoms in total. The van der Waals surface area contributed by atoms with Crippen LogP contribution in [0.15, 0.2) is 0 Å². The Hall–Kier alpha value is -5.64. The molecule has 0 radical (unpaired) electrons. The summed E-state index contributed by atoms with van der Waals surface area (Å²) in [7, 11) is 0. The highest BCUT2D eigenvalue weighted by Crippen LogP contribution is 2.22. The monoisotopic (exact) mass is 1130 g/mol. The van der Waals surface area contributed by atoms with Gasteiger partial charge in [-0.3, -0.25) is 58.1 Å². The number of carboxylic acid groups (broad SMARTS) is 1. The molecule has 80 heavy (non-hydrogen) atoms. The number of aliphatic hydroxyl groups is 1. The minimum Gasteiger partial charge on any atom is -0.481 e. The van der Waals surface area contributed by atoms with Gasteiger partial charge in [0.1, 0.15) is 6.04 Å². The summed E-state index contributed by atoms with van der Waals surface area (Å²) in [5.74, 6) is -12.1. The van der Waals surface area contributed by atoms with Gasteiger partial charge in [-0.05, 0) is 70.8 Å². The van der Waals surface area contributed by atoms with Crippen LogP contribution >= 0.6 is 0 Å². The van der Waals surface area contributed by atoms with Gasteiger partial charge in [-0.25, -0.2) is 0 Å². The molecule has 0 bridgehead atoms. The van der Waals surface area contributed by atoms with Crippen LogP contribution in [0.1, 0.15) is 228 Å². The van der Waals surface area contributed by atoms with Crippen LogP contribution in [0.5, 0.6) is 0 Å². The van der Waals surface area contributed by atoms with Crippen molar-refractivity contribution < 1.29 is 63.0 Å². The number of hydrogen-bond donors (Lipinski definition) is 11. The first-order chi connectivity index (χ1) is 37.9. The Morgan fingerprint density at radius 1 is 0.512 bits per heavy atom. The molecule has 8 atom stereocenters. The molecular formula is C58H103N9O13. The smallest absolute Gasteiger partial charge is 0.303 e. The molecule has 0 rings (SSSR count). The molecule has 0 aliphatic rings. The topological polar surface area (TPSA) is 390 Å². The Morgan fingerprint density at radius 3 is 1.56 bits per heavy atom. The lowest BCUT2D eigenvalue weighted by Gasteiger charge is -2.27. The quantitative estimate of drug-likeness (QED) is 0.0216. The van der Waals surface area contributed by atoms with Crippen molar-refractivity contribution in [3.8, 4) is 0 Å². The summed E-state index contributed by atoms with van der Waals surface area (Å²) >= 11 is 0. The van der Waals surface area contributed by atoms with E-state index in [1.807, 2.05) is 13.8 Å². The van der Waals surface area contributed by atoms with E-state index in [0.717, 1.165) is 19.3 Å². The number of aliphatic carboxylic acids is 1. The van der Waals surface area contributed by atoms with Crippen LogP contribution in [0, 0.1) is 29.1 Å². The number of aliphatic hydroxyl groups excluding tert-OH is 1. The van der Waals surface area contributed by atoms with Gasteiger partial charge in [-0.2, -0.15) is 0 Å². The van der Waals surface area contributed by atoms with Crippen molar-refractivity contribution >= 4 is 70.4 Å². The van der Waals surface area contributed by atoms with Crippen LogP contribution in [-0.4, -0.2) is 124 Å². The van der Waals surface area contributed by atoms with E-state index in [0.29, 0.717) is 38.6 Å². The second-order valence-corrected chi connectivity index (χ2v) is 22.2. The van der Waals surface area contributed by atoms with E-state index in [1.54, 1.807) is 6.92 Å². The third-order valence-electron chi connectivity index (χ3n) is 14.2. The highest BCUT2D eigenvalue weighted by molar-refractivity contribution is 5.99. The lowest BCUT2D eigenvalue weighted by molar-refractivity contribution is -0.140. The van der Waals surface area contributed by atoms with Crippen molar-refractivity contribution in [2.24, 2.45) is 40.9 Å². The molecule has 0 saturated heterocycles. The second kappa shape index (κ2) is 44.1. The average molecular weight is 1130 g/mol. The minimum atomic E-state index is -1.61. The Morgan fingerprint density at radius 2 is 1.04 bits per heavy atom. The third kappa shape index (κ3) is 35.9. The normalized spacial score (nSPS) is 14.3. The average Bonchev–Trinajstić information content (AvgIpc) is 3.39. The van der Waals surface area contributed by atoms with Crippen LogP contribution in [0.4, 0.5) is 0 Å². The van der Waals surface area contributed by atoms with Crippen molar-refractivity contribution in [1.29, 1.82) is 5.41 Å². The Balaban J connectivity index is 6.36. The zero-order chi connectivity index (χ0) is 60.6. The number of amidine groups is 1. The number of primary amides is 1. The number of carbonyl (C=O) groups is 11. The lowest BCUT2D eigenvalue weighted by Crippen LogP contribution is -2.52. The molecule has 0 aromatic rings. The van der Waals surface area contributed by atoms with Crippen molar-refractivity contribution in [2.75, 3.05) is 13.1 Å². The molecule has 0 heterocycles. The number of rotatable bonds is 51. The van der Waals surface area contributed by atoms with Gasteiger partial charge >= 0.3 is 5.97 Å². The Kier molecular flexibility index (Phi) is 41.0. The minimum absolute atomic E-state index is 0.0507. The van der Waals surface area contributed by atoms with Gasteiger partial charge in [0.05, 0.1) is 48.9 Å². The first-order valence-electron chi connectivity index (χ1n) is 29.7. The summed E-state index contributed by atoms with van der Waals surface area (Å²) in [6.45, 7) is 10.2. The first kappa shape index (κ1) is 74.4. The fourth-order valence-corrected chi connectivity index (χ4v) is 9.22. The van der Waals surface area contributed by atoms with Gasteiger partial charge in [-0.1, -0.05) is 118 Å². The van der Waals surface area contributed by atoms with Crippen molar-refractivity contribution in [3.05, 3.63) is 0 Å². The predicted octanol–water partition coefficient (Wildman–Crippen LogP) is 5.04. The van der Waals surface area contributed by atoms with Crippen LogP contribution in [0.2, 0.25) is 0 Å². The predicted molar refractivity (Wildman–Crippen MR) is 306 cm³/mol. The molecule has 6 amide bonds. The number of ketones is 4. The van der Waals surface area contributed by atoms with Crippen LogP contribution < -0.4 is 43.8 Å². The van der Waals surface area contributed by atoms with Gasteiger partial charge in [-0.15, -0.1) is 0 Å². The molecule has 0 aromatic heterocycles. The largest absolute Gasteiger partial charge is 0.481 e. The summed E-state index contributed by atoms with van der Waals surface area (Å²) < 4.78 is 0. The number of amides is 6. The third-order valence-corrected chi connectivity index (χ3v) is 14.2. The van der Waals surface area contributed by atoms with Crippen molar-refractivity contribution in [1.82, 2.24) is 26.6 Å². The van der Waals surface area contributed by atoms with Crippen LogP contribution in [0.3, 0.4) is 0 Å². The zero-order valence-corrected chi connectivity index (χ0v) is 49.2. The Labute approximate surface area is 475 Å². The van der Waals surface area contributed by atoms with E-state index >= 15 is 0 Å². The van der Waals surface area contributed by atoms with E-state index < -0.39 is 139 Å². The maximum Gasteiger partial charge on any atom is 0.303 e. The number of nitrogens with one attached hydrogen (secondary N) is 6. The van der Waals surface area contributed by atoms with Crippen molar-refractivity contribution in [2.45, 2.75) is 258 Å². The molecule has 0 aliphatic carbocycles. The number of Topliss-reactive ketones (excluding diaryl/α,β-unsaturated/α-hetero) is 4. The van der Waals surface area contributed by atoms with Gasteiger partial charge in [0.25, 0.3) is 0 Å². The van der Waals surface area contributed by atoms with Crippen molar-refractivity contribution in [3.63, 3.8) is 0 Å². The van der Waals surface area contributed by atoms with Crippen LogP contribution in [-0.2, 0) is 52.7 Å². The van der Waals surface area contributed by atoms with Gasteiger partial charge in [0.2, 0.25) is 35.4 Å². The fraction of sp³-hybridized carbons (Fsp3) is 0.793. The maximum atomic E-state index is 14.4. The molecule has 0 spiro atoms. The summed E-state index contributed by atoms with van der Waals surface area (Å²) in [5.41, 5.74) is 16.7. The molecule has 0 aliphatic heterocycles. The standard InChI is InChI=1S/C58H103N9O13/c1-7-9-10-11-12-13-14-15-16-17-18-19-20-28-53(74)64-45(26-23-24-31-59)58(80)67-46(32-38(3)4)49(71)34-41(25-21-22-27-51(60)61)56(78)65-44(29-30-54(75)76)50(72)35-43(40(6)68)57(79)66-47(36-52(62)73)48(70)33-39(5)55(77)63-37-42(69)8-2/h38-41,43-47,68H,7-37,59H2,1-6H3,(H3,60,61)(H2,62,73)(H,63,77)(H,64,74)(H,65,78)(H,66,79)(H,67,80)(H,75,76)/t39-,40-,41-,43+,44+,45+,46+,47+/m1/s1. The summed E-state index contributed by atoms with van der Waals surface area (Å²) in [4.78, 5) is 145. The molecule has 0 fully saturated rings. The van der Waals surface area contributed by atoms with Gasteiger partial charge in [0.15, 0.2) is 23.1 Å². The number of unbranched alkanes of at least 4 members (excludes halogenated alkanes) is 14. The lowest BCUT2D eigenvalue weighted by atomic mass is 9.88. The first-order valence-corrected chi connectivity index (χ1v) is 29.7. The van der Waals surface area contributed by atoms with Gasteiger partial charge in [0, 0.05) is 56.8 Å². The summed E-state index contributed by atoms with van der Waals surface area (Å²) in [5, 5.41) is 41.2. The number of carbonyl (C=O) groups excluding carboxylic acids is 10. The number of carboxylic acids is 1. The SMILES string of the molecule is CCCCCCCCCCCCCCCC(=O)N[C@@H](CCCCN)C(=O)N[C@@H](CC(C)C)C(=O)C[C@@H](CCCCC(=N)N)C(=O)N[C@@H](CCC(=O)O)C(=O)C[C@H](C(=O)N[C@@H](CC(N)=O)C(=O)C[C@@H](C)C(=O)NCC(=O)CC)[C@@H](C)O. The number of nitrogens with two attached hydrogens (primary N) is 3. The molecule has 0 saturated carbocycles. The number of hydrogen-bond acceptors (Lipinski definition) is 14. The fourth-order valence-electron chi connectivity index (χ4n) is 9.22. The molecule has 458 valence electrons. The van der Waals surface area contributed by atoms with Crippen LogP contribution in [0.25, 0.3) is 0 Å². The van der Waals surface area contributed by atoms with E-state index in [1.165, 1.54) is 71.6 Å². The van der Waals surface area contributed by atoms with E-state index in [9.17, 15) is 63.0 Å². The maximum absolute atomic E-state index is 14.4. The molecule has 22 heteroatoms. The summed E-state index contributed by atoms with van der Waals surface area (Å²) in [6.07, 6.45) is 12.9.